The second-order valence-corrected chi connectivity index (χ2v) is 10.6. The topological polar surface area (TPSA) is 53.5 Å². The number of imidazole rings is 1. The molecular formula is C37H24N6. The monoisotopic (exact) mass is 552 g/mol. The maximum Gasteiger partial charge on any atom is 0.220 e. The van der Waals surface area contributed by atoms with Gasteiger partial charge in [0.05, 0.1) is 28.4 Å². The van der Waals surface area contributed by atoms with Crippen LogP contribution in [0.1, 0.15) is 0 Å². The summed E-state index contributed by atoms with van der Waals surface area (Å²) in [7, 11) is 0. The molecule has 0 bridgehead atoms. The van der Waals surface area contributed by atoms with E-state index in [1.165, 1.54) is 0 Å². The highest BCUT2D eigenvalue weighted by Gasteiger charge is 2.23. The normalized spacial score (nSPS) is 11.7. The van der Waals surface area contributed by atoms with Crippen LogP contribution in [0, 0.1) is 0 Å². The van der Waals surface area contributed by atoms with Gasteiger partial charge in [-0.1, -0.05) is 84.9 Å². The van der Waals surface area contributed by atoms with Crippen molar-refractivity contribution in [1.82, 2.24) is 28.7 Å². The van der Waals surface area contributed by atoms with Crippen LogP contribution in [-0.4, -0.2) is 28.7 Å². The molecule has 6 nitrogen and oxygen atoms in total. The lowest BCUT2D eigenvalue weighted by Gasteiger charge is -2.14. The molecule has 0 N–H and O–H groups in total. The highest BCUT2D eigenvalue weighted by molar-refractivity contribution is 6.14. The first-order valence-electron chi connectivity index (χ1n) is 14.3. The Morgan fingerprint density at radius 2 is 1.12 bits per heavy atom. The molecule has 4 aromatic carbocycles. The number of nitrogens with zero attached hydrogens (tertiary/aromatic N) is 6. The summed E-state index contributed by atoms with van der Waals surface area (Å²) in [5, 5.41) is 2.23. The summed E-state index contributed by atoms with van der Waals surface area (Å²) >= 11 is 0. The van der Waals surface area contributed by atoms with Gasteiger partial charge in [-0.2, -0.15) is 0 Å². The SMILES string of the molecule is c1ccc(-c2cnc(-n3c4cccnc4c4nc5c(cc43)c3ccccc3n5-c3ccccc3)n2-c2ccccc2)cc1. The van der Waals surface area contributed by atoms with Crippen LogP contribution in [0.25, 0.3) is 72.6 Å². The Balaban J connectivity index is 1.42. The molecule has 0 amide bonds. The molecule has 9 aromatic rings. The molecule has 0 aliphatic heterocycles. The van der Waals surface area contributed by atoms with Crippen molar-refractivity contribution < 1.29 is 0 Å². The van der Waals surface area contributed by atoms with Gasteiger partial charge >= 0.3 is 0 Å². The lowest BCUT2D eigenvalue weighted by atomic mass is 10.1. The van der Waals surface area contributed by atoms with Crippen LogP contribution in [0.2, 0.25) is 0 Å². The Hall–Kier alpha value is -6.01. The minimum Gasteiger partial charge on any atom is -0.294 e. The van der Waals surface area contributed by atoms with Crippen molar-refractivity contribution in [2.24, 2.45) is 0 Å². The molecule has 9 rings (SSSR count). The molecule has 202 valence electrons. The van der Waals surface area contributed by atoms with E-state index >= 15 is 0 Å². The van der Waals surface area contributed by atoms with E-state index in [2.05, 4.69) is 123 Å². The first-order valence-corrected chi connectivity index (χ1v) is 14.3. The van der Waals surface area contributed by atoms with E-state index in [9.17, 15) is 0 Å². The molecule has 0 radical (unpaired) electrons. The molecular weight excluding hydrogens is 528 g/mol. The van der Waals surface area contributed by atoms with Gasteiger partial charge in [-0.25, -0.2) is 9.97 Å². The van der Waals surface area contributed by atoms with Crippen molar-refractivity contribution in [2.75, 3.05) is 0 Å². The van der Waals surface area contributed by atoms with E-state index < -0.39 is 0 Å². The van der Waals surface area contributed by atoms with Crippen molar-refractivity contribution in [3.63, 3.8) is 0 Å². The lowest BCUT2D eigenvalue weighted by molar-refractivity contribution is 0.940. The van der Waals surface area contributed by atoms with E-state index in [1.807, 2.05) is 36.7 Å². The van der Waals surface area contributed by atoms with Gasteiger partial charge in [-0.05, 0) is 48.5 Å². The average molecular weight is 553 g/mol. The Morgan fingerprint density at radius 1 is 0.465 bits per heavy atom. The molecule has 6 heteroatoms. The third-order valence-corrected chi connectivity index (χ3v) is 8.16. The smallest absolute Gasteiger partial charge is 0.220 e. The van der Waals surface area contributed by atoms with E-state index in [0.29, 0.717) is 0 Å². The molecule has 5 heterocycles. The first-order chi connectivity index (χ1) is 21.4. The zero-order valence-electron chi connectivity index (χ0n) is 23.0. The number of hydrogen-bond acceptors (Lipinski definition) is 3. The maximum atomic E-state index is 5.38. The van der Waals surface area contributed by atoms with Gasteiger partial charge < -0.3 is 0 Å². The summed E-state index contributed by atoms with van der Waals surface area (Å²) in [6.07, 6.45) is 3.79. The second-order valence-electron chi connectivity index (χ2n) is 10.6. The van der Waals surface area contributed by atoms with E-state index in [1.54, 1.807) is 0 Å². The number of aromatic nitrogens is 6. The standard InChI is InChI=1S/C37H24N6/c1-4-13-25(14-5-1)33-24-39-37(42(33)27-17-8-3-9-18-27)43-31-21-12-22-38-34(31)35-32(43)23-29-28-19-10-11-20-30(28)41(36(29)40-35)26-15-6-2-7-16-26/h1-24H. The zero-order valence-corrected chi connectivity index (χ0v) is 23.0. The average Bonchev–Trinajstić information content (AvgIpc) is 3.75. The van der Waals surface area contributed by atoms with Gasteiger partial charge in [0.1, 0.15) is 16.7 Å². The first kappa shape index (κ1) is 23.7. The fourth-order valence-electron chi connectivity index (χ4n) is 6.30. The Kier molecular flexibility index (Phi) is 5.10. The summed E-state index contributed by atoms with van der Waals surface area (Å²) in [5.74, 6) is 0.783. The Morgan fingerprint density at radius 3 is 1.88 bits per heavy atom. The van der Waals surface area contributed by atoms with Crippen molar-refractivity contribution in [3.05, 3.63) is 146 Å². The minimum atomic E-state index is 0.783. The molecule has 0 aliphatic rings. The number of pyridine rings is 2. The molecule has 0 fully saturated rings. The highest BCUT2D eigenvalue weighted by Crippen LogP contribution is 2.38. The molecule has 5 aromatic heterocycles. The van der Waals surface area contributed by atoms with Gasteiger partial charge in [-0.15, -0.1) is 0 Å². The predicted octanol–water partition coefficient (Wildman–Crippen LogP) is 8.52. The summed E-state index contributed by atoms with van der Waals surface area (Å²) < 4.78 is 6.67. The van der Waals surface area contributed by atoms with Gasteiger partial charge in [0.15, 0.2) is 0 Å². The summed E-state index contributed by atoms with van der Waals surface area (Å²) in [6.45, 7) is 0. The summed E-state index contributed by atoms with van der Waals surface area (Å²) in [4.78, 5) is 15.3. The highest BCUT2D eigenvalue weighted by atomic mass is 15.3. The molecule has 0 saturated heterocycles. The fourth-order valence-corrected chi connectivity index (χ4v) is 6.30. The van der Waals surface area contributed by atoms with Crippen molar-refractivity contribution in [1.29, 1.82) is 0 Å². The van der Waals surface area contributed by atoms with Crippen LogP contribution in [0.3, 0.4) is 0 Å². The fraction of sp³-hybridized carbons (Fsp3) is 0. The molecule has 0 saturated carbocycles. The number of hydrogen-bond donors (Lipinski definition) is 0. The lowest BCUT2D eigenvalue weighted by Crippen LogP contribution is -2.06. The number of fused-ring (bicyclic) bond motifs is 6. The van der Waals surface area contributed by atoms with Gasteiger partial charge in [0.2, 0.25) is 5.95 Å². The number of para-hydroxylation sites is 3. The number of benzene rings is 4. The van der Waals surface area contributed by atoms with Crippen LogP contribution >= 0.6 is 0 Å². The predicted molar refractivity (Wildman–Crippen MR) is 173 cm³/mol. The van der Waals surface area contributed by atoms with E-state index in [-0.39, 0.29) is 0 Å². The van der Waals surface area contributed by atoms with Crippen LogP contribution in [0.4, 0.5) is 0 Å². The minimum absolute atomic E-state index is 0.783. The van der Waals surface area contributed by atoms with Crippen molar-refractivity contribution in [3.8, 4) is 28.6 Å². The van der Waals surface area contributed by atoms with Gasteiger partial charge in [0, 0.05) is 33.9 Å². The van der Waals surface area contributed by atoms with Crippen LogP contribution in [0.15, 0.2) is 146 Å². The van der Waals surface area contributed by atoms with Gasteiger partial charge in [0.25, 0.3) is 0 Å². The van der Waals surface area contributed by atoms with E-state index in [0.717, 1.165) is 72.6 Å². The largest absolute Gasteiger partial charge is 0.294 e. The molecule has 0 spiro atoms. The third-order valence-electron chi connectivity index (χ3n) is 8.16. The van der Waals surface area contributed by atoms with E-state index in [4.69, 9.17) is 15.0 Å². The summed E-state index contributed by atoms with van der Waals surface area (Å²) in [6, 6.07) is 46.1. The van der Waals surface area contributed by atoms with Gasteiger partial charge in [-0.3, -0.25) is 18.7 Å². The number of rotatable bonds is 4. The Bertz CT molecular complexity index is 2430. The molecule has 43 heavy (non-hydrogen) atoms. The van der Waals surface area contributed by atoms with Crippen LogP contribution in [-0.2, 0) is 0 Å². The molecule has 0 aliphatic carbocycles. The Labute approximate surface area is 246 Å². The third kappa shape index (κ3) is 3.50. The van der Waals surface area contributed by atoms with Crippen molar-refractivity contribution >= 4 is 44.0 Å². The molecule has 0 atom stereocenters. The second kappa shape index (κ2) is 9.26. The summed E-state index contributed by atoms with van der Waals surface area (Å²) in [5.41, 5.74) is 9.82. The maximum absolute atomic E-state index is 5.38. The van der Waals surface area contributed by atoms with Crippen LogP contribution < -0.4 is 0 Å². The molecule has 0 unspecified atom stereocenters. The quantitative estimate of drug-likeness (QED) is 0.220. The van der Waals surface area contributed by atoms with Crippen LogP contribution in [0.5, 0.6) is 0 Å². The van der Waals surface area contributed by atoms with Crippen molar-refractivity contribution in [2.45, 2.75) is 0 Å². The zero-order chi connectivity index (χ0) is 28.3.